The average Bonchev–Trinajstić information content (AvgIpc) is 2.52. The van der Waals surface area contributed by atoms with Crippen molar-refractivity contribution >= 4 is 0 Å². The van der Waals surface area contributed by atoms with Crippen molar-refractivity contribution in [3.63, 3.8) is 0 Å². The lowest BCUT2D eigenvalue weighted by Gasteiger charge is -2.58. The molecule has 2 saturated carbocycles. The number of hydrogen-bond donors (Lipinski definition) is 3. The van der Waals surface area contributed by atoms with Crippen molar-refractivity contribution in [3.8, 4) is 0 Å². The maximum Gasteiger partial charge on any atom is 0.0642 e. The minimum Gasteiger partial charge on any atom is -0.396 e. The summed E-state index contributed by atoms with van der Waals surface area (Å²) in [5.74, 6) is 0.990. The summed E-state index contributed by atoms with van der Waals surface area (Å²) in [4.78, 5) is 0. The van der Waals surface area contributed by atoms with Gasteiger partial charge < -0.3 is 15.3 Å². The van der Waals surface area contributed by atoms with Crippen LogP contribution in [-0.2, 0) is 0 Å². The van der Waals surface area contributed by atoms with E-state index >= 15 is 0 Å². The summed E-state index contributed by atoms with van der Waals surface area (Å²) in [6.45, 7) is 9.30. The molecule has 4 atom stereocenters. The molecule has 2 rings (SSSR count). The van der Waals surface area contributed by atoms with Gasteiger partial charge in [-0.15, -0.1) is 0 Å². The third kappa shape index (κ3) is 3.57. The summed E-state index contributed by atoms with van der Waals surface area (Å²) in [7, 11) is 0. The molecule has 2 fully saturated rings. The zero-order valence-electron chi connectivity index (χ0n) is 14.9. The Kier molecular flexibility index (Phi) is 6.10. The van der Waals surface area contributed by atoms with Crippen molar-refractivity contribution < 1.29 is 15.3 Å². The summed E-state index contributed by atoms with van der Waals surface area (Å²) in [6, 6.07) is 0. The summed E-state index contributed by atoms with van der Waals surface area (Å²) >= 11 is 0. The Morgan fingerprint density at radius 1 is 1.26 bits per heavy atom. The Bertz CT molecular complexity index is 456. The van der Waals surface area contributed by atoms with E-state index in [9.17, 15) is 10.2 Å². The molecule has 3 heteroatoms. The molecule has 0 aromatic carbocycles. The molecule has 0 saturated heterocycles. The fourth-order valence-corrected chi connectivity index (χ4v) is 5.51. The van der Waals surface area contributed by atoms with Crippen molar-refractivity contribution in [1.29, 1.82) is 0 Å². The maximum atomic E-state index is 9.99. The van der Waals surface area contributed by atoms with Crippen molar-refractivity contribution in [2.45, 2.75) is 58.8 Å². The van der Waals surface area contributed by atoms with Crippen LogP contribution < -0.4 is 0 Å². The van der Waals surface area contributed by atoms with Crippen LogP contribution in [0.4, 0.5) is 0 Å². The fraction of sp³-hybridized carbons (Fsp3) is 0.800. The summed E-state index contributed by atoms with van der Waals surface area (Å²) in [5, 5.41) is 28.5. The molecule has 0 amide bonds. The van der Waals surface area contributed by atoms with E-state index in [1.165, 1.54) is 18.4 Å². The first-order valence-corrected chi connectivity index (χ1v) is 9.09. The normalized spacial score (nSPS) is 38.5. The third-order valence-electron chi connectivity index (χ3n) is 6.84. The van der Waals surface area contributed by atoms with Crippen LogP contribution in [0.5, 0.6) is 0 Å². The van der Waals surface area contributed by atoms with Crippen LogP contribution in [0, 0.1) is 22.7 Å². The Morgan fingerprint density at radius 3 is 2.61 bits per heavy atom. The Morgan fingerprint density at radius 2 is 2.00 bits per heavy atom. The van der Waals surface area contributed by atoms with E-state index in [1.807, 2.05) is 0 Å². The number of aliphatic hydroxyl groups excluding tert-OH is 3. The molecule has 0 aromatic heterocycles. The standard InChI is InChI=1S/C20H34O3/c1-15-5-8-18-19(2,14-23)10-4-11-20(18,3)17(15)7-6-16(13-22)9-12-21/h9,17-18,21-23H,1,4-8,10-14H2,2-3H3/b16-9-/t17-,18?,19+,20+/m0/s1. The zero-order valence-corrected chi connectivity index (χ0v) is 14.9. The summed E-state index contributed by atoms with van der Waals surface area (Å²) in [5.41, 5.74) is 2.50. The SMILES string of the molecule is C=C1CCC2[C@@](C)(CO)CCC[C@]2(C)[C@H]1CC/C(=C/CO)CO. The van der Waals surface area contributed by atoms with E-state index in [1.54, 1.807) is 6.08 Å². The molecular weight excluding hydrogens is 288 g/mol. The lowest BCUT2D eigenvalue weighted by molar-refractivity contribution is -0.0859. The van der Waals surface area contributed by atoms with Gasteiger partial charge in [0.2, 0.25) is 0 Å². The molecule has 1 unspecified atom stereocenters. The topological polar surface area (TPSA) is 60.7 Å². The number of fused-ring (bicyclic) bond motifs is 1. The predicted molar refractivity (Wildman–Crippen MR) is 94.0 cm³/mol. The van der Waals surface area contributed by atoms with Gasteiger partial charge in [-0.05, 0) is 66.8 Å². The van der Waals surface area contributed by atoms with Crippen LogP contribution in [0.1, 0.15) is 58.8 Å². The highest BCUT2D eigenvalue weighted by Gasteiger charge is 2.53. The molecule has 2 aliphatic carbocycles. The van der Waals surface area contributed by atoms with Crippen LogP contribution in [0.15, 0.2) is 23.8 Å². The van der Waals surface area contributed by atoms with E-state index in [0.29, 0.717) is 11.8 Å². The van der Waals surface area contributed by atoms with Crippen molar-refractivity contribution in [3.05, 3.63) is 23.8 Å². The maximum absolute atomic E-state index is 9.99. The minimum absolute atomic E-state index is 0.00994. The lowest BCUT2D eigenvalue weighted by atomic mass is 9.47. The Hall–Kier alpha value is -0.640. The van der Waals surface area contributed by atoms with Gasteiger partial charge in [0.25, 0.3) is 0 Å². The number of rotatable bonds is 6. The van der Waals surface area contributed by atoms with Gasteiger partial charge in [0.05, 0.1) is 13.2 Å². The monoisotopic (exact) mass is 322 g/mol. The number of aliphatic hydroxyl groups is 3. The minimum atomic E-state index is -0.00994. The van der Waals surface area contributed by atoms with Gasteiger partial charge in [0, 0.05) is 6.61 Å². The smallest absolute Gasteiger partial charge is 0.0642 e. The van der Waals surface area contributed by atoms with Gasteiger partial charge in [0.15, 0.2) is 0 Å². The molecule has 0 aliphatic heterocycles. The van der Waals surface area contributed by atoms with Gasteiger partial charge in [-0.3, -0.25) is 0 Å². The largest absolute Gasteiger partial charge is 0.396 e. The van der Waals surface area contributed by atoms with E-state index in [2.05, 4.69) is 20.4 Å². The molecule has 2 aliphatic rings. The van der Waals surface area contributed by atoms with Crippen molar-refractivity contribution in [1.82, 2.24) is 0 Å². The van der Waals surface area contributed by atoms with E-state index in [-0.39, 0.29) is 30.7 Å². The summed E-state index contributed by atoms with van der Waals surface area (Å²) < 4.78 is 0. The molecule has 0 aromatic rings. The molecule has 0 heterocycles. The average molecular weight is 322 g/mol. The molecule has 0 bridgehead atoms. The summed E-state index contributed by atoms with van der Waals surface area (Å²) in [6.07, 6.45) is 9.22. The Labute approximate surface area is 141 Å². The molecule has 3 N–H and O–H groups in total. The highest BCUT2D eigenvalue weighted by Crippen LogP contribution is 2.61. The van der Waals surface area contributed by atoms with Gasteiger partial charge >= 0.3 is 0 Å². The van der Waals surface area contributed by atoms with Gasteiger partial charge in [-0.1, -0.05) is 38.5 Å². The van der Waals surface area contributed by atoms with Gasteiger partial charge in [-0.25, -0.2) is 0 Å². The number of allylic oxidation sites excluding steroid dienone is 1. The first kappa shape index (κ1) is 18.7. The fourth-order valence-electron chi connectivity index (χ4n) is 5.51. The van der Waals surface area contributed by atoms with Crippen LogP contribution in [0.25, 0.3) is 0 Å². The Balaban J connectivity index is 2.20. The van der Waals surface area contributed by atoms with Gasteiger partial charge in [-0.2, -0.15) is 0 Å². The molecule has 132 valence electrons. The van der Waals surface area contributed by atoms with Crippen LogP contribution in [0.2, 0.25) is 0 Å². The second-order valence-corrected chi connectivity index (χ2v) is 8.22. The van der Waals surface area contributed by atoms with Gasteiger partial charge in [0.1, 0.15) is 0 Å². The van der Waals surface area contributed by atoms with E-state index in [4.69, 9.17) is 5.11 Å². The molecule has 0 radical (unpaired) electrons. The highest BCUT2D eigenvalue weighted by molar-refractivity contribution is 5.17. The molecule has 0 spiro atoms. The van der Waals surface area contributed by atoms with Crippen molar-refractivity contribution in [2.75, 3.05) is 19.8 Å². The molecule has 23 heavy (non-hydrogen) atoms. The zero-order chi connectivity index (χ0) is 17.1. The second-order valence-electron chi connectivity index (χ2n) is 8.22. The third-order valence-corrected chi connectivity index (χ3v) is 6.84. The van der Waals surface area contributed by atoms with E-state index < -0.39 is 0 Å². The van der Waals surface area contributed by atoms with Crippen LogP contribution in [0.3, 0.4) is 0 Å². The van der Waals surface area contributed by atoms with E-state index in [0.717, 1.165) is 37.7 Å². The number of hydrogen-bond acceptors (Lipinski definition) is 3. The van der Waals surface area contributed by atoms with Crippen LogP contribution in [-0.4, -0.2) is 35.1 Å². The van der Waals surface area contributed by atoms with Crippen molar-refractivity contribution in [2.24, 2.45) is 22.7 Å². The molecular formula is C20H34O3. The lowest BCUT2D eigenvalue weighted by Crippen LogP contribution is -2.51. The first-order valence-electron chi connectivity index (χ1n) is 9.09. The highest BCUT2D eigenvalue weighted by atomic mass is 16.3. The predicted octanol–water partition coefficient (Wildman–Crippen LogP) is 3.45. The first-order chi connectivity index (χ1) is 10.9. The molecule has 3 nitrogen and oxygen atoms in total. The quantitative estimate of drug-likeness (QED) is 0.656. The second kappa shape index (κ2) is 7.50. The van der Waals surface area contributed by atoms with Crippen LogP contribution >= 0.6 is 0 Å².